The lowest BCUT2D eigenvalue weighted by Crippen LogP contribution is -2.61. The molecule has 3 fully saturated rings. The standard InChI is InChI=1S/C90H126N22O19/c1-11-13-24-70-83(124)102-62(32-49(3)4)81(122)107-69(80(121)97-44-75(92)116)43-93-45-76(117)100-66(34-52-27-29-56(113)30-28-52)86(127)108(8)51(7)78(119)105-68(39-74(91)115)88(129)111-31-19-26-71(111)84(125)104-64(37-55-42-94-48-99-55)82(123)106-65(33-50(5)6)89(130)112-47-57(114)38-73(112)85(126)103-63(35-53-40-95-60-22-17-15-20-58(53)60)79(120)98-46-77(118)101-67(36-54-41-96-61-23-18-16-21-59(54)61)87(128)110(10)72(25-14-12-2)90(131)109(70)9/h15-18,20-23,27-30,40-42,48-51,57,62-73,93,95-96,113-114H,11-14,19,24-26,31-39,43-47H2,1-10H3,(H2,91,115)(H2,92,116)(H,94,99)(H,97,121)(H,98,120)(H,100,117)(H,101,118)(H,102,124)(H,103,126)(H,104,125)(H,105,119)(H,106,123)(H,107,122)/t51-,57+,62-,63-,64-,65-,66-,67-,68-,69-,70-,71-,72-,73-/m0/s1. The minimum atomic E-state index is -1.77. The summed E-state index contributed by atoms with van der Waals surface area (Å²) in [6, 6.07) is 0.715. The number of aromatic amines is 3. The van der Waals surface area contributed by atoms with E-state index in [2.05, 4.69) is 78.4 Å². The Labute approximate surface area is 758 Å². The number of nitrogens with one attached hydrogen (secondary N) is 14. The average Bonchev–Trinajstić information content (AvgIpc) is 1.57. The minimum Gasteiger partial charge on any atom is -0.508 e. The van der Waals surface area contributed by atoms with Crippen LogP contribution in [0.25, 0.3) is 21.8 Å². The topological polar surface area (TPSA) is 591 Å². The average molecular weight is 1820 g/mol. The summed E-state index contributed by atoms with van der Waals surface area (Å²) in [5.41, 5.74) is 14.4. The fourth-order valence-electron chi connectivity index (χ4n) is 16.6. The number of H-pyrrole nitrogens is 3. The number of nitrogens with zero attached hydrogens (tertiary/aromatic N) is 6. The Morgan fingerprint density at radius 3 is 1.65 bits per heavy atom. The molecule has 6 aromatic rings. The molecule has 0 saturated carbocycles. The third kappa shape index (κ3) is 28.1. The molecule has 9 rings (SSSR count). The normalized spacial score (nSPS) is 24.7. The molecule has 20 N–H and O–H groups in total. The Balaban J connectivity index is 1.08. The Morgan fingerprint density at radius 1 is 0.527 bits per heavy atom. The van der Waals surface area contributed by atoms with Gasteiger partial charge in [0.2, 0.25) is 100 Å². The molecule has 3 aromatic heterocycles. The molecule has 710 valence electrons. The third-order valence-electron chi connectivity index (χ3n) is 23.8. The Bertz CT molecular complexity index is 5060. The van der Waals surface area contributed by atoms with Crippen LogP contribution in [-0.2, 0) is 107 Å². The lowest BCUT2D eigenvalue weighted by Gasteiger charge is -2.36. The van der Waals surface area contributed by atoms with Crippen LogP contribution in [-0.4, -0.2) is 300 Å². The maximum Gasteiger partial charge on any atom is 0.246 e. The number of aliphatic hydroxyl groups is 1. The number of hydrogen-bond acceptors (Lipinski definition) is 21. The molecule has 0 radical (unpaired) electrons. The highest BCUT2D eigenvalue weighted by molar-refractivity contribution is 6.02. The zero-order valence-corrected chi connectivity index (χ0v) is 75.7. The Kier molecular flexibility index (Phi) is 37.0. The predicted molar refractivity (Wildman–Crippen MR) is 480 cm³/mol. The van der Waals surface area contributed by atoms with Gasteiger partial charge in [-0.15, -0.1) is 0 Å². The Morgan fingerprint density at radius 2 is 1.05 bits per heavy atom. The number of fused-ring (bicyclic) bond motifs is 4. The van der Waals surface area contributed by atoms with Crippen LogP contribution in [0.15, 0.2) is 97.7 Å². The number of carbonyl (C=O) groups excluding carboxylic acids is 17. The molecule has 0 aliphatic carbocycles. The molecule has 0 unspecified atom stereocenters. The molecule has 3 saturated heterocycles. The molecule has 14 atom stereocenters. The van der Waals surface area contributed by atoms with Crippen molar-refractivity contribution in [3.05, 3.63) is 120 Å². The van der Waals surface area contributed by atoms with E-state index in [1.54, 1.807) is 76.5 Å². The molecule has 131 heavy (non-hydrogen) atoms. The van der Waals surface area contributed by atoms with Gasteiger partial charge in [-0.1, -0.05) is 116 Å². The van der Waals surface area contributed by atoms with E-state index in [0.717, 1.165) is 14.7 Å². The van der Waals surface area contributed by atoms with Crippen molar-refractivity contribution in [2.45, 2.75) is 236 Å². The second kappa shape index (κ2) is 47.8. The second-order valence-corrected chi connectivity index (χ2v) is 34.8. The zero-order valence-electron chi connectivity index (χ0n) is 75.7. The number of benzene rings is 3. The fraction of sp³-hybridized carbons (Fsp3) is 0.533. The highest BCUT2D eigenvalue weighted by Crippen LogP contribution is 2.28. The van der Waals surface area contributed by atoms with Crippen LogP contribution in [0, 0.1) is 11.8 Å². The number of phenolic OH excluding ortho intramolecular Hbond substituents is 1. The van der Waals surface area contributed by atoms with Crippen molar-refractivity contribution in [3.63, 3.8) is 0 Å². The summed E-state index contributed by atoms with van der Waals surface area (Å²) in [7, 11) is 4.01. The molecular weight excluding hydrogens is 1690 g/mol. The van der Waals surface area contributed by atoms with E-state index in [1.165, 1.54) is 74.7 Å². The molecule has 41 nitrogen and oxygen atoms in total. The van der Waals surface area contributed by atoms with Crippen LogP contribution in [0.3, 0.4) is 0 Å². The van der Waals surface area contributed by atoms with Crippen molar-refractivity contribution >= 4 is 122 Å². The van der Waals surface area contributed by atoms with Crippen LogP contribution in [0.2, 0.25) is 0 Å². The lowest BCUT2D eigenvalue weighted by atomic mass is 9.99. The van der Waals surface area contributed by atoms with Gasteiger partial charge in [-0.2, -0.15) is 0 Å². The SMILES string of the molecule is CCCC[C@H]1C(=O)N(C)[C@@H](CCCC)C(=O)N[C@@H](CC(C)C)C(=O)N[C@H](C(=O)NCC(N)=O)CNCC(=O)N[C@@H](Cc2ccc(O)cc2)C(=O)N(C)[C@@H](C)C(=O)N[C@@H](CC(N)=O)C(=O)N2CCC[C@H]2C(=O)N[C@@H](Cc2cnc[nH]2)C(=O)N[C@@H](CC(C)C)C(=O)N2C[C@H](O)C[C@H]2C(=O)N[C@@H](Cc2c[nH]c3ccccc23)C(=O)NCC(=O)N[C@@H](Cc2c[nH]c3ccccc23)C(=O)N1C. The number of unbranched alkanes of at least 4 members (excludes halogenated alkanes) is 2. The largest absolute Gasteiger partial charge is 0.508 e. The van der Waals surface area contributed by atoms with Gasteiger partial charge in [-0.25, -0.2) is 4.98 Å². The first-order valence-electron chi connectivity index (χ1n) is 44.5. The maximum atomic E-state index is 15.6. The number of hydrogen-bond donors (Lipinski definition) is 18. The van der Waals surface area contributed by atoms with Gasteiger partial charge in [-0.05, 0) is 98.2 Å². The highest BCUT2D eigenvalue weighted by atomic mass is 16.3. The fourth-order valence-corrected chi connectivity index (χ4v) is 16.6. The molecule has 17 amide bonds. The minimum absolute atomic E-state index is 0.00136. The summed E-state index contributed by atoms with van der Waals surface area (Å²) in [5.74, 6) is -16.0. The highest BCUT2D eigenvalue weighted by Gasteiger charge is 2.46. The molecule has 3 aliphatic heterocycles. The van der Waals surface area contributed by atoms with Crippen molar-refractivity contribution < 1.29 is 91.7 Å². The van der Waals surface area contributed by atoms with Crippen LogP contribution in [0.5, 0.6) is 5.75 Å². The Hall–Kier alpha value is -13.3. The molecule has 3 aromatic carbocycles. The second-order valence-electron chi connectivity index (χ2n) is 34.8. The first-order chi connectivity index (χ1) is 62.3. The van der Waals surface area contributed by atoms with E-state index in [4.69, 9.17) is 11.5 Å². The number of carbonyl (C=O) groups is 17. The van der Waals surface area contributed by atoms with Gasteiger partial charge >= 0.3 is 0 Å². The first-order valence-corrected chi connectivity index (χ1v) is 44.5. The number of rotatable bonds is 23. The number of aliphatic hydroxyl groups excluding tert-OH is 1. The summed E-state index contributed by atoms with van der Waals surface area (Å²) >= 11 is 0. The number of likely N-dealkylation sites (N-methyl/N-ethyl adjacent to an activating group) is 3. The number of primary amides is 2. The van der Waals surface area contributed by atoms with Crippen molar-refractivity contribution in [2.24, 2.45) is 23.3 Å². The predicted octanol–water partition coefficient (Wildman–Crippen LogP) is -1.65. The quantitative estimate of drug-likeness (QED) is 0.0342. The summed E-state index contributed by atoms with van der Waals surface area (Å²) in [4.78, 5) is 268. The van der Waals surface area contributed by atoms with Crippen LogP contribution in [0.1, 0.15) is 148 Å². The smallest absolute Gasteiger partial charge is 0.246 e. The molecule has 6 heterocycles. The van der Waals surface area contributed by atoms with Gasteiger partial charge in [0.05, 0.1) is 38.5 Å². The van der Waals surface area contributed by atoms with Crippen LogP contribution >= 0.6 is 0 Å². The number of nitrogens with two attached hydrogens (primary N) is 2. The monoisotopic (exact) mass is 1820 g/mol. The number of imidazole rings is 1. The summed E-state index contributed by atoms with van der Waals surface area (Å²) in [5, 5.41) is 52.5. The first kappa shape index (κ1) is 101. The summed E-state index contributed by atoms with van der Waals surface area (Å²) < 4.78 is 0. The van der Waals surface area contributed by atoms with Gasteiger partial charge in [0, 0.05) is 119 Å². The van der Waals surface area contributed by atoms with E-state index in [0.29, 0.717) is 69.9 Å². The molecule has 0 spiro atoms. The summed E-state index contributed by atoms with van der Waals surface area (Å²) in [6.45, 7) is 8.83. The van der Waals surface area contributed by atoms with Gasteiger partial charge in [-0.3, -0.25) is 81.5 Å². The lowest BCUT2D eigenvalue weighted by molar-refractivity contribution is -0.149. The van der Waals surface area contributed by atoms with E-state index in [1.807, 2.05) is 26.0 Å². The van der Waals surface area contributed by atoms with Gasteiger partial charge in [0.1, 0.15) is 84.3 Å². The molecular formula is C90H126N22O19. The van der Waals surface area contributed by atoms with Crippen molar-refractivity contribution in [3.8, 4) is 5.75 Å². The van der Waals surface area contributed by atoms with Crippen molar-refractivity contribution in [1.82, 2.24) is 103 Å². The molecule has 41 heteroatoms. The van der Waals surface area contributed by atoms with E-state index < -0.39 is 224 Å². The van der Waals surface area contributed by atoms with Crippen molar-refractivity contribution in [1.29, 1.82) is 0 Å². The van der Waals surface area contributed by atoms with Gasteiger partial charge < -0.3 is 120 Å². The zero-order chi connectivity index (χ0) is 95.6. The number of aromatic hydroxyl groups is 1. The molecule has 0 bridgehead atoms. The third-order valence-corrected chi connectivity index (χ3v) is 23.8. The van der Waals surface area contributed by atoms with E-state index in [-0.39, 0.29) is 94.8 Å². The number of amides is 17. The number of para-hydroxylation sites is 2. The van der Waals surface area contributed by atoms with E-state index in [9.17, 15) is 58.2 Å². The van der Waals surface area contributed by atoms with Crippen LogP contribution < -0.4 is 70.0 Å². The maximum absolute atomic E-state index is 15.6. The number of phenols is 1. The molecule has 3 aliphatic rings. The summed E-state index contributed by atoms with van der Waals surface area (Å²) in [6.07, 6.45) is 4.66. The van der Waals surface area contributed by atoms with Crippen LogP contribution in [0.4, 0.5) is 0 Å². The van der Waals surface area contributed by atoms with Crippen molar-refractivity contribution in [2.75, 3.05) is 60.4 Å². The van der Waals surface area contributed by atoms with Gasteiger partial charge in [0.15, 0.2) is 0 Å². The number of aromatic nitrogens is 4. The van der Waals surface area contributed by atoms with E-state index >= 15 is 33.6 Å². The van der Waals surface area contributed by atoms with Gasteiger partial charge in [0.25, 0.3) is 0 Å².